The monoisotopic (exact) mass is 361 g/mol. The van der Waals surface area contributed by atoms with Gasteiger partial charge in [-0.25, -0.2) is 0 Å². The molecule has 0 fully saturated rings. The number of carbonyl (C=O) groups excluding carboxylic acids is 1. The largest absolute Gasteiger partial charge is 0.471 e. The number of nitrogens with zero attached hydrogens (tertiary/aromatic N) is 2. The van der Waals surface area contributed by atoms with Crippen molar-refractivity contribution in [2.24, 2.45) is 5.73 Å². The number of benzene rings is 2. The molecule has 0 radical (unpaired) electrons. The van der Waals surface area contributed by atoms with Crippen molar-refractivity contribution in [2.45, 2.75) is 19.0 Å². The number of carbonyl (C=O) groups is 1. The molecular weight excluding hydrogens is 347 g/mol. The second kappa shape index (κ2) is 6.62. The fourth-order valence-corrected chi connectivity index (χ4v) is 2.66. The Labute approximate surface area is 146 Å². The van der Waals surface area contributed by atoms with Gasteiger partial charge in [-0.05, 0) is 23.3 Å². The highest BCUT2D eigenvalue weighted by Gasteiger charge is 2.38. The molecule has 1 aromatic heterocycles. The van der Waals surface area contributed by atoms with E-state index in [4.69, 9.17) is 5.73 Å². The lowest BCUT2D eigenvalue weighted by Gasteiger charge is -2.16. The van der Waals surface area contributed by atoms with Crippen molar-refractivity contribution >= 4 is 5.91 Å². The minimum atomic E-state index is -4.72. The minimum absolute atomic E-state index is 0.213. The summed E-state index contributed by atoms with van der Waals surface area (Å²) in [4.78, 5) is 15.1. The van der Waals surface area contributed by atoms with Crippen LogP contribution in [0.3, 0.4) is 0 Å². The molecule has 1 amide bonds. The van der Waals surface area contributed by atoms with E-state index in [1.165, 1.54) is 12.1 Å². The van der Waals surface area contributed by atoms with Crippen molar-refractivity contribution in [3.05, 3.63) is 71.1 Å². The Balaban J connectivity index is 2.07. The van der Waals surface area contributed by atoms with Crippen LogP contribution in [0.5, 0.6) is 0 Å². The Bertz CT molecular complexity index is 936. The summed E-state index contributed by atoms with van der Waals surface area (Å²) in [5.74, 6) is -2.48. The van der Waals surface area contributed by atoms with Gasteiger partial charge in [-0.1, -0.05) is 48.5 Å². The van der Waals surface area contributed by atoms with Crippen molar-refractivity contribution in [3.63, 3.8) is 0 Å². The lowest BCUT2D eigenvalue weighted by molar-refractivity contribution is -0.159. The zero-order chi connectivity index (χ0) is 18.9. The molecule has 1 atom stereocenters. The molecular formula is C18H14F3N3O2. The first-order valence-corrected chi connectivity index (χ1v) is 7.67. The fourth-order valence-electron chi connectivity index (χ4n) is 2.66. The molecule has 0 aliphatic heterocycles. The molecule has 2 aromatic carbocycles. The molecule has 8 heteroatoms. The second-order valence-electron chi connectivity index (χ2n) is 5.72. The predicted molar refractivity (Wildman–Crippen MR) is 87.2 cm³/mol. The van der Waals surface area contributed by atoms with Crippen LogP contribution in [-0.2, 0) is 6.18 Å². The Kier molecular flexibility index (Phi) is 4.50. The molecule has 1 heterocycles. The summed E-state index contributed by atoms with van der Waals surface area (Å²) in [6.07, 6.45) is -4.72. The van der Waals surface area contributed by atoms with Gasteiger partial charge < -0.3 is 10.3 Å². The molecule has 26 heavy (non-hydrogen) atoms. The highest BCUT2D eigenvalue weighted by atomic mass is 19.4. The highest BCUT2D eigenvalue weighted by Crippen LogP contribution is 2.32. The van der Waals surface area contributed by atoms with Gasteiger partial charge in [0.25, 0.3) is 0 Å². The molecule has 3 rings (SSSR count). The van der Waals surface area contributed by atoms with E-state index in [0.717, 1.165) is 5.56 Å². The number of primary amides is 1. The van der Waals surface area contributed by atoms with Gasteiger partial charge in [-0.3, -0.25) is 4.79 Å². The third-order valence-electron chi connectivity index (χ3n) is 4.01. The summed E-state index contributed by atoms with van der Waals surface area (Å²) < 4.78 is 42.2. The molecule has 0 bridgehead atoms. The zero-order valence-electron chi connectivity index (χ0n) is 13.6. The molecule has 0 saturated carbocycles. The van der Waals surface area contributed by atoms with E-state index in [2.05, 4.69) is 14.7 Å². The highest BCUT2D eigenvalue weighted by molar-refractivity contribution is 5.95. The Morgan fingerprint density at radius 2 is 1.85 bits per heavy atom. The van der Waals surface area contributed by atoms with Gasteiger partial charge in [-0.2, -0.15) is 18.2 Å². The maximum absolute atomic E-state index is 12.7. The standard InChI is InChI=1S/C18H14F3N3O2/c1-10(11-5-3-2-4-6-11)14-9-12(7-8-13(14)15(22)25)16-23-17(26-24-16)18(19,20)21/h2-10H,1H3,(H2,22,25). The SMILES string of the molecule is CC(c1ccccc1)c1cc(-c2noc(C(F)(F)F)n2)ccc1C(N)=O. The van der Waals surface area contributed by atoms with Crippen LogP contribution in [0.2, 0.25) is 0 Å². The van der Waals surface area contributed by atoms with Crippen molar-refractivity contribution in [3.8, 4) is 11.4 Å². The van der Waals surface area contributed by atoms with Crippen molar-refractivity contribution in [1.29, 1.82) is 0 Å². The number of nitrogens with two attached hydrogens (primary N) is 1. The molecule has 1 unspecified atom stereocenters. The van der Waals surface area contributed by atoms with E-state index < -0.39 is 18.0 Å². The average molecular weight is 361 g/mol. The first-order valence-electron chi connectivity index (χ1n) is 7.67. The number of hydrogen-bond donors (Lipinski definition) is 1. The molecule has 0 aliphatic carbocycles. The average Bonchev–Trinajstić information content (AvgIpc) is 3.12. The Hall–Kier alpha value is -3.16. The number of halogens is 3. The summed E-state index contributed by atoms with van der Waals surface area (Å²) in [5, 5.41) is 3.38. The number of hydrogen-bond acceptors (Lipinski definition) is 4. The summed E-state index contributed by atoms with van der Waals surface area (Å²) in [7, 11) is 0. The van der Waals surface area contributed by atoms with E-state index >= 15 is 0 Å². The molecule has 134 valence electrons. The molecule has 5 nitrogen and oxygen atoms in total. The number of rotatable bonds is 4. The topological polar surface area (TPSA) is 82.0 Å². The third kappa shape index (κ3) is 3.44. The van der Waals surface area contributed by atoms with Gasteiger partial charge >= 0.3 is 12.1 Å². The number of alkyl halides is 3. The van der Waals surface area contributed by atoms with Crippen LogP contribution in [-0.4, -0.2) is 16.0 Å². The van der Waals surface area contributed by atoms with Gasteiger partial charge in [0.15, 0.2) is 0 Å². The van der Waals surface area contributed by atoms with Gasteiger partial charge in [0.1, 0.15) is 0 Å². The van der Waals surface area contributed by atoms with Crippen molar-refractivity contribution < 1.29 is 22.5 Å². The van der Waals surface area contributed by atoms with E-state index in [1.807, 2.05) is 37.3 Å². The Morgan fingerprint density at radius 1 is 1.15 bits per heavy atom. The number of amides is 1. The summed E-state index contributed by atoms with van der Waals surface area (Å²) in [5.41, 5.74) is 7.52. The Morgan fingerprint density at radius 3 is 2.42 bits per heavy atom. The van der Waals surface area contributed by atoms with E-state index in [0.29, 0.717) is 11.1 Å². The first kappa shape index (κ1) is 17.7. The first-order chi connectivity index (χ1) is 12.3. The van der Waals surface area contributed by atoms with Crippen molar-refractivity contribution in [1.82, 2.24) is 10.1 Å². The second-order valence-corrected chi connectivity index (χ2v) is 5.72. The maximum Gasteiger partial charge on any atom is 0.471 e. The normalized spacial score (nSPS) is 12.8. The molecule has 0 spiro atoms. The smallest absolute Gasteiger partial charge is 0.366 e. The van der Waals surface area contributed by atoms with Crippen LogP contribution < -0.4 is 5.73 Å². The molecule has 0 saturated heterocycles. The van der Waals surface area contributed by atoms with Crippen molar-refractivity contribution in [2.75, 3.05) is 0 Å². The number of aromatic nitrogens is 2. The predicted octanol–water partition coefficient (Wildman–Crippen LogP) is 4.01. The molecule has 0 aliphatic rings. The minimum Gasteiger partial charge on any atom is -0.366 e. The quantitative estimate of drug-likeness (QED) is 0.761. The van der Waals surface area contributed by atoms with Gasteiger partial charge in [0.05, 0.1) is 0 Å². The van der Waals surface area contributed by atoms with Gasteiger partial charge in [0, 0.05) is 17.0 Å². The summed E-state index contributed by atoms with van der Waals surface area (Å²) in [6.45, 7) is 1.87. The summed E-state index contributed by atoms with van der Waals surface area (Å²) >= 11 is 0. The van der Waals surface area contributed by atoms with Crippen LogP contribution in [0, 0.1) is 0 Å². The van der Waals surface area contributed by atoms with Crippen LogP contribution >= 0.6 is 0 Å². The van der Waals surface area contributed by atoms with E-state index in [1.54, 1.807) is 6.07 Å². The molecule has 3 aromatic rings. The van der Waals surface area contributed by atoms with E-state index in [9.17, 15) is 18.0 Å². The van der Waals surface area contributed by atoms with Crippen LogP contribution in [0.25, 0.3) is 11.4 Å². The summed E-state index contributed by atoms with van der Waals surface area (Å²) in [6, 6.07) is 13.8. The van der Waals surface area contributed by atoms with Gasteiger partial charge in [0.2, 0.25) is 11.7 Å². The maximum atomic E-state index is 12.7. The molecule has 2 N–H and O–H groups in total. The van der Waals surface area contributed by atoms with Crippen LogP contribution in [0.15, 0.2) is 53.1 Å². The zero-order valence-corrected chi connectivity index (χ0v) is 13.6. The van der Waals surface area contributed by atoms with E-state index in [-0.39, 0.29) is 17.3 Å². The van der Waals surface area contributed by atoms with Gasteiger partial charge in [-0.15, -0.1) is 0 Å². The van der Waals surface area contributed by atoms with Crippen LogP contribution in [0.1, 0.15) is 40.2 Å². The fraction of sp³-hybridized carbons (Fsp3) is 0.167. The third-order valence-corrected chi connectivity index (χ3v) is 4.01. The lowest BCUT2D eigenvalue weighted by Crippen LogP contribution is -2.15. The van der Waals surface area contributed by atoms with Crippen LogP contribution in [0.4, 0.5) is 13.2 Å². The lowest BCUT2D eigenvalue weighted by atomic mass is 9.88.